The third-order valence-corrected chi connectivity index (χ3v) is 3.75. The summed E-state index contributed by atoms with van der Waals surface area (Å²) in [5.74, 6) is 0.377. The molecule has 4 heteroatoms. The van der Waals surface area contributed by atoms with E-state index in [9.17, 15) is 4.79 Å². The number of hydrogen-bond donors (Lipinski definition) is 1. The average molecular weight is 273 g/mol. The van der Waals surface area contributed by atoms with Crippen molar-refractivity contribution in [3.8, 4) is 0 Å². The average Bonchev–Trinajstić information content (AvgIpc) is 2.48. The van der Waals surface area contributed by atoms with Gasteiger partial charge in [-0.05, 0) is 43.0 Å². The van der Waals surface area contributed by atoms with Crippen LogP contribution < -0.4 is 10.3 Å². The molecule has 1 aliphatic rings. The summed E-state index contributed by atoms with van der Waals surface area (Å²) in [4.78, 5) is 13.9. The number of amides is 1. The highest BCUT2D eigenvalue weighted by Gasteiger charge is 2.11. The summed E-state index contributed by atoms with van der Waals surface area (Å²) in [6.07, 6.45) is 8.15. The van der Waals surface area contributed by atoms with Gasteiger partial charge in [-0.15, -0.1) is 0 Å². The fourth-order valence-corrected chi connectivity index (χ4v) is 2.46. The molecule has 1 N–H and O–H groups in total. The van der Waals surface area contributed by atoms with Gasteiger partial charge in [-0.25, -0.2) is 5.43 Å². The molecule has 1 amide bonds. The molecule has 2 rings (SSSR count). The van der Waals surface area contributed by atoms with Gasteiger partial charge in [0.1, 0.15) is 0 Å². The maximum absolute atomic E-state index is 11.9. The van der Waals surface area contributed by atoms with E-state index in [1.54, 1.807) is 0 Å². The molecular weight excluding hydrogens is 250 g/mol. The number of benzene rings is 1. The van der Waals surface area contributed by atoms with Crippen LogP contribution in [0.5, 0.6) is 0 Å². The molecule has 0 saturated heterocycles. The first-order chi connectivity index (χ1) is 9.66. The van der Waals surface area contributed by atoms with Crippen LogP contribution in [0.4, 0.5) is 5.69 Å². The zero-order valence-corrected chi connectivity index (χ0v) is 12.3. The first-order valence-electron chi connectivity index (χ1n) is 7.28. The summed E-state index contributed by atoms with van der Waals surface area (Å²) in [6.45, 7) is 0. The number of rotatable bonds is 4. The molecule has 0 aliphatic heterocycles. The monoisotopic (exact) mass is 273 g/mol. The summed E-state index contributed by atoms with van der Waals surface area (Å²) in [6, 6.07) is 7.50. The molecule has 0 bridgehead atoms. The Balaban J connectivity index is 1.86. The number of nitrogens with one attached hydrogen (secondary N) is 1. The molecule has 1 saturated carbocycles. The highest BCUT2D eigenvalue weighted by atomic mass is 16.2. The Morgan fingerprint density at radius 1 is 1.20 bits per heavy atom. The Bertz CT molecular complexity index is 459. The Labute approximate surface area is 120 Å². The third-order valence-electron chi connectivity index (χ3n) is 3.75. The van der Waals surface area contributed by atoms with Crippen molar-refractivity contribution in [2.45, 2.75) is 32.1 Å². The number of anilines is 1. The van der Waals surface area contributed by atoms with Crippen LogP contribution in [-0.4, -0.2) is 26.2 Å². The summed E-state index contributed by atoms with van der Waals surface area (Å²) >= 11 is 0. The van der Waals surface area contributed by atoms with Crippen molar-refractivity contribution in [3.05, 3.63) is 29.8 Å². The topological polar surface area (TPSA) is 44.7 Å². The maximum Gasteiger partial charge on any atom is 0.271 e. The maximum atomic E-state index is 11.9. The Morgan fingerprint density at radius 3 is 2.45 bits per heavy atom. The molecule has 0 heterocycles. The predicted octanol–water partition coefficient (Wildman–Crippen LogP) is 3.05. The van der Waals surface area contributed by atoms with Crippen molar-refractivity contribution in [2.75, 3.05) is 19.0 Å². The fraction of sp³-hybridized carbons (Fsp3) is 0.500. The van der Waals surface area contributed by atoms with E-state index in [1.807, 2.05) is 49.5 Å². The van der Waals surface area contributed by atoms with Gasteiger partial charge < -0.3 is 4.90 Å². The van der Waals surface area contributed by atoms with Gasteiger partial charge in [0.15, 0.2) is 0 Å². The van der Waals surface area contributed by atoms with Gasteiger partial charge in [0.25, 0.3) is 5.91 Å². The van der Waals surface area contributed by atoms with E-state index in [1.165, 1.54) is 32.1 Å². The summed E-state index contributed by atoms with van der Waals surface area (Å²) in [5.41, 5.74) is 4.32. The number of hydrogen-bond acceptors (Lipinski definition) is 3. The van der Waals surface area contributed by atoms with Crippen LogP contribution in [0.1, 0.15) is 42.5 Å². The van der Waals surface area contributed by atoms with Crippen molar-refractivity contribution < 1.29 is 4.79 Å². The van der Waals surface area contributed by atoms with Crippen LogP contribution in [-0.2, 0) is 0 Å². The first-order valence-corrected chi connectivity index (χ1v) is 7.28. The van der Waals surface area contributed by atoms with E-state index in [0.717, 1.165) is 5.69 Å². The number of carbonyl (C=O) groups is 1. The predicted molar refractivity (Wildman–Crippen MR) is 83.3 cm³/mol. The highest BCUT2D eigenvalue weighted by molar-refractivity contribution is 5.94. The van der Waals surface area contributed by atoms with E-state index in [0.29, 0.717) is 11.5 Å². The van der Waals surface area contributed by atoms with Gasteiger partial charge in [-0.3, -0.25) is 4.79 Å². The number of carbonyl (C=O) groups excluding carboxylic acids is 1. The van der Waals surface area contributed by atoms with E-state index in [4.69, 9.17) is 0 Å². The molecule has 1 aromatic rings. The molecule has 0 unspecified atom stereocenters. The summed E-state index contributed by atoms with van der Waals surface area (Å²) in [7, 11) is 3.95. The van der Waals surface area contributed by atoms with Gasteiger partial charge in [0.05, 0.1) is 0 Å². The second kappa shape index (κ2) is 7.08. The van der Waals surface area contributed by atoms with E-state index in [2.05, 4.69) is 10.5 Å². The van der Waals surface area contributed by atoms with Gasteiger partial charge in [0, 0.05) is 31.6 Å². The molecule has 1 aliphatic carbocycles. The van der Waals surface area contributed by atoms with E-state index in [-0.39, 0.29) is 5.91 Å². The van der Waals surface area contributed by atoms with Crippen LogP contribution in [0.2, 0.25) is 0 Å². The van der Waals surface area contributed by atoms with Gasteiger partial charge in [-0.1, -0.05) is 19.3 Å². The lowest BCUT2D eigenvalue weighted by molar-refractivity contribution is 0.0955. The first kappa shape index (κ1) is 14.6. The largest absolute Gasteiger partial charge is 0.378 e. The zero-order chi connectivity index (χ0) is 14.4. The van der Waals surface area contributed by atoms with Crippen molar-refractivity contribution in [1.29, 1.82) is 0 Å². The second-order valence-electron chi connectivity index (χ2n) is 5.56. The minimum atomic E-state index is -0.151. The number of nitrogens with zero attached hydrogens (tertiary/aromatic N) is 2. The third kappa shape index (κ3) is 4.08. The van der Waals surface area contributed by atoms with Gasteiger partial charge in [-0.2, -0.15) is 5.10 Å². The Kier molecular flexibility index (Phi) is 5.16. The molecule has 0 radical (unpaired) electrons. The van der Waals surface area contributed by atoms with Crippen LogP contribution in [0, 0.1) is 5.92 Å². The van der Waals surface area contributed by atoms with Crippen LogP contribution in [0.25, 0.3) is 0 Å². The van der Waals surface area contributed by atoms with Crippen LogP contribution >= 0.6 is 0 Å². The molecule has 1 aromatic carbocycles. The summed E-state index contributed by atoms with van der Waals surface area (Å²) in [5, 5.41) is 4.09. The quantitative estimate of drug-likeness (QED) is 0.677. The molecule has 0 spiro atoms. The molecule has 0 atom stereocenters. The van der Waals surface area contributed by atoms with Crippen molar-refractivity contribution in [1.82, 2.24) is 5.43 Å². The molecule has 0 aromatic heterocycles. The van der Waals surface area contributed by atoms with Crippen molar-refractivity contribution in [2.24, 2.45) is 11.0 Å². The van der Waals surface area contributed by atoms with E-state index >= 15 is 0 Å². The lowest BCUT2D eigenvalue weighted by Gasteiger charge is -2.16. The zero-order valence-electron chi connectivity index (χ0n) is 12.3. The van der Waals surface area contributed by atoms with Crippen molar-refractivity contribution >= 4 is 17.8 Å². The minimum Gasteiger partial charge on any atom is -0.378 e. The molecular formula is C16H23N3O. The second-order valence-corrected chi connectivity index (χ2v) is 5.56. The normalized spacial score (nSPS) is 16.3. The SMILES string of the molecule is CN(C)c1ccc(C(=O)NN=CC2CCCCC2)cc1. The summed E-state index contributed by atoms with van der Waals surface area (Å²) < 4.78 is 0. The highest BCUT2D eigenvalue weighted by Crippen LogP contribution is 2.21. The van der Waals surface area contributed by atoms with E-state index < -0.39 is 0 Å². The standard InChI is InChI=1S/C16H23N3O/c1-19(2)15-10-8-14(9-11-15)16(20)18-17-12-13-6-4-3-5-7-13/h8-13H,3-7H2,1-2H3,(H,18,20). The molecule has 108 valence electrons. The van der Waals surface area contributed by atoms with Crippen molar-refractivity contribution in [3.63, 3.8) is 0 Å². The Hall–Kier alpha value is -1.84. The molecule has 4 nitrogen and oxygen atoms in total. The lowest BCUT2D eigenvalue weighted by atomic mass is 9.90. The van der Waals surface area contributed by atoms with Crippen LogP contribution in [0.15, 0.2) is 29.4 Å². The van der Waals surface area contributed by atoms with Crippen LogP contribution in [0.3, 0.4) is 0 Å². The molecule has 1 fully saturated rings. The van der Waals surface area contributed by atoms with Gasteiger partial charge in [0.2, 0.25) is 0 Å². The minimum absolute atomic E-state index is 0.151. The smallest absolute Gasteiger partial charge is 0.271 e. The molecule has 20 heavy (non-hydrogen) atoms. The number of hydrazone groups is 1. The Morgan fingerprint density at radius 2 is 1.85 bits per heavy atom. The van der Waals surface area contributed by atoms with Gasteiger partial charge >= 0.3 is 0 Å². The fourth-order valence-electron chi connectivity index (χ4n) is 2.46. The lowest BCUT2D eigenvalue weighted by Crippen LogP contribution is -2.19.